The molecule has 0 spiro atoms. The van der Waals surface area contributed by atoms with Crippen LogP contribution in [0.15, 0.2) is 83.8 Å². The Morgan fingerprint density at radius 1 is 0.923 bits per heavy atom. The van der Waals surface area contributed by atoms with Gasteiger partial charge in [0.2, 0.25) is 11.8 Å². The van der Waals surface area contributed by atoms with Gasteiger partial charge in [0.25, 0.3) is 10.0 Å². The van der Waals surface area contributed by atoms with Gasteiger partial charge in [0.1, 0.15) is 12.6 Å². The molecule has 0 saturated heterocycles. The van der Waals surface area contributed by atoms with Crippen molar-refractivity contribution >= 4 is 39.1 Å². The fourth-order valence-corrected chi connectivity index (χ4v) is 5.99. The molecule has 3 aromatic rings. The smallest absolute Gasteiger partial charge is 0.264 e. The molecule has 7 nitrogen and oxygen atoms in total. The summed E-state index contributed by atoms with van der Waals surface area (Å²) in [6.45, 7) is 5.90. The standard InChI is InChI=1S/C30H36ClN3O4S/c1-4-20-32-30(36)27(5-2)33(21-19-24-11-7-6-8-12-24)29(35)22-34(28-14-10-9-13-26(28)31)39(37,38)25-17-15-23(3)16-18-25/h6-18,27H,4-5,19-22H2,1-3H3,(H,32,36)/t27-/m1/s1. The topological polar surface area (TPSA) is 86.8 Å². The van der Waals surface area contributed by atoms with Crippen LogP contribution in [0.2, 0.25) is 5.02 Å². The number of hydrogen-bond acceptors (Lipinski definition) is 4. The number of aryl methyl sites for hydroxylation is 1. The number of halogens is 1. The fourth-order valence-electron chi connectivity index (χ4n) is 4.27. The van der Waals surface area contributed by atoms with Gasteiger partial charge >= 0.3 is 0 Å². The van der Waals surface area contributed by atoms with Gasteiger partial charge in [0.05, 0.1) is 15.6 Å². The third-order valence-corrected chi connectivity index (χ3v) is 8.52. The van der Waals surface area contributed by atoms with Gasteiger partial charge in [0.15, 0.2) is 0 Å². The second-order valence-electron chi connectivity index (χ2n) is 9.31. The second-order valence-corrected chi connectivity index (χ2v) is 11.6. The first-order valence-corrected chi connectivity index (χ1v) is 15.0. The van der Waals surface area contributed by atoms with E-state index in [1.54, 1.807) is 36.4 Å². The minimum atomic E-state index is -4.16. The molecular weight excluding hydrogens is 534 g/mol. The molecule has 3 aromatic carbocycles. The maximum absolute atomic E-state index is 14.0. The van der Waals surface area contributed by atoms with Crippen LogP contribution in [-0.2, 0) is 26.0 Å². The van der Waals surface area contributed by atoms with E-state index in [2.05, 4.69) is 5.32 Å². The van der Waals surface area contributed by atoms with Crippen molar-refractivity contribution in [1.29, 1.82) is 0 Å². The number of carbonyl (C=O) groups excluding carboxylic acids is 2. The Morgan fingerprint density at radius 2 is 1.56 bits per heavy atom. The van der Waals surface area contributed by atoms with Crippen molar-refractivity contribution in [3.8, 4) is 0 Å². The Morgan fingerprint density at radius 3 is 2.18 bits per heavy atom. The lowest BCUT2D eigenvalue weighted by Crippen LogP contribution is -2.53. The molecule has 0 saturated carbocycles. The minimum Gasteiger partial charge on any atom is -0.354 e. The minimum absolute atomic E-state index is 0.0457. The van der Waals surface area contributed by atoms with Crippen LogP contribution in [0.4, 0.5) is 5.69 Å². The SMILES string of the molecule is CCCNC(=O)[C@@H](CC)N(CCc1ccccc1)C(=O)CN(c1ccccc1Cl)S(=O)(=O)c1ccc(C)cc1. The van der Waals surface area contributed by atoms with Gasteiger partial charge in [-0.05, 0) is 56.0 Å². The summed E-state index contributed by atoms with van der Waals surface area (Å²) in [6, 6.07) is 21.9. The molecule has 0 radical (unpaired) electrons. The zero-order chi connectivity index (χ0) is 28.4. The lowest BCUT2D eigenvalue weighted by Gasteiger charge is -2.33. The molecule has 0 unspecified atom stereocenters. The number of carbonyl (C=O) groups is 2. The first-order valence-electron chi connectivity index (χ1n) is 13.1. The number of amides is 2. The lowest BCUT2D eigenvalue weighted by molar-refractivity contribution is -0.139. The molecule has 1 atom stereocenters. The molecule has 39 heavy (non-hydrogen) atoms. The van der Waals surface area contributed by atoms with E-state index >= 15 is 0 Å². The van der Waals surface area contributed by atoms with Gasteiger partial charge < -0.3 is 10.2 Å². The van der Waals surface area contributed by atoms with Crippen molar-refractivity contribution in [2.24, 2.45) is 0 Å². The highest BCUT2D eigenvalue weighted by molar-refractivity contribution is 7.92. The summed E-state index contributed by atoms with van der Waals surface area (Å²) in [4.78, 5) is 28.6. The molecule has 3 rings (SSSR count). The molecule has 0 fully saturated rings. The van der Waals surface area contributed by atoms with E-state index in [0.717, 1.165) is 21.9 Å². The van der Waals surface area contributed by atoms with E-state index in [0.29, 0.717) is 19.4 Å². The van der Waals surface area contributed by atoms with E-state index in [1.807, 2.05) is 51.1 Å². The maximum Gasteiger partial charge on any atom is 0.264 e. The van der Waals surface area contributed by atoms with E-state index < -0.39 is 28.5 Å². The molecule has 208 valence electrons. The van der Waals surface area contributed by atoms with Gasteiger partial charge in [-0.15, -0.1) is 0 Å². The van der Waals surface area contributed by atoms with E-state index in [4.69, 9.17) is 11.6 Å². The van der Waals surface area contributed by atoms with E-state index in [1.165, 1.54) is 17.0 Å². The number of nitrogens with one attached hydrogen (secondary N) is 1. The van der Waals surface area contributed by atoms with Crippen LogP contribution < -0.4 is 9.62 Å². The van der Waals surface area contributed by atoms with Crippen LogP contribution in [0.1, 0.15) is 37.8 Å². The number of sulfonamides is 1. The molecular formula is C30H36ClN3O4S. The van der Waals surface area contributed by atoms with Crippen molar-refractivity contribution in [1.82, 2.24) is 10.2 Å². The monoisotopic (exact) mass is 569 g/mol. The van der Waals surface area contributed by atoms with Crippen molar-refractivity contribution in [3.05, 3.63) is 95.0 Å². The third-order valence-electron chi connectivity index (χ3n) is 6.43. The molecule has 0 aromatic heterocycles. The normalized spacial score (nSPS) is 12.0. The van der Waals surface area contributed by atoms with Gasteiger partial charge in [-0.3, -0.25) is 13.9 Å². The van der Waals surface area contributed by atoms with Gasteiger partial charge in [-0.1, -0.05) is 85.6 Å². The van der Waals surface area contributed by atoms with Crippen LogP contribution in [0.25, 0.3) is 0 Å². The Balaban J connectivity index is 2.01. The molecule has 0 bridgehead atoms. The Kier molecular flexibility index (Phi) is 10.9. The summed E-state index contributed by atoms with van der Waals surface area (Å²) >= 11 is 6.44. The quantitative estimate of drug-likeness (QED) is 0.306. The predicted molar refractivity (Wildman–Crippen MR) is 156 cm³/mol. The van der Waals surface area contributed by atoms with Crippen LogP contribution in [-0.4, -0.2) is 50.8 Å². The molecule has 0 aliphatic rings. The van der Waals surface area contributed by atoms with Crippen molar-refractivity contribution < 1.29 is 18.0 Å². The number of nitrogens with zero attached hydrogens (tertiary/aromatic N) is 2. The van der Waals surface area contributed by atoms with Crippen LogP contribution >= 0.6 is 11.6 Å². The molecule has 2 amide bonds. The Labute approximate surface area is 236 Å². The predicted octanol–water partition coefficient (Wildman–Crippen LogP) is 5.22. The number of hydrogen-bond donors (Lipinski definition) is 1. The first-order chi connectivity index (χ1) is 18.7. The third kappa shape index (κ3) is 7.83. The molecule has 9 heteroatoms. The van der Waals surface area contributed by atoms with Crippen LogP contribution in [0.5, 0.6) is 0 Å². The Hall–Kier alpha value is -3.36. The van der Waals surface area contributed by atoms with E-state index in [9.17, 15) is 18.0 Å². The summed E-state index contributed by atoms with van der Waals surface area (Å²) in [6.07, 6.45) is 1.66. The number of rotatable bonds is 13. The first kappa shape index (κ1) is 30.2. The summed E-state index contributed by atoms with van der Waals surface area (Å²) in [5.74, 6) is -0.744. The van der Waals surface area contributed by atoms with Crippen LogP contribution in [0.3, 0.4) is 0 Å². The van der Waals surface area contributed by atoms with Gasteiger partial charge in [-0.2, -0.15) is 0 Å². The summed E-state index contributed by atoms with van der Waals surface area (Å²) in [7, 11) is -4.16. The largest absolute Gasteiger partial charge is 0.354 e. The summed E-state index contributed by atoms with van der Waals surface area (Å²) in [5.41, 5.74) is 2.11. The van der Waals surface area contributed by atoms with Crippen LogP contribution in [0, 0.1) is 6.92 Å². The highest BCUT2D eigenvalue weighted by Gasteiger charge is 2.34. The summed E-state index contributed by atoms with van der Waals surface area (Å²) < 4.78 is 28.8. The molecule has 0 aliphatic heterocycles. The highest BCUT2D eigenvalue weighted by atomic mass is 35.5. The van der Waals surface area contributed by atoms with Crippen molar-refractivity contribution in [2.45, 2.75) is 51.0 Å². The highest BCUT2D eigenvalue weighted by Crippen LogP contribution is 2.30. The number of para-hydroxylation sites is 1. The Bertz CT molecular complexity index is 1350. The molecule has 0 heterocycles. The maximum atomic E-state index is 14.0. The number of benzene rings is 3. The van der Waals surface area contributed by atoms with Gasteiger partial charge in [0, 0.05) is 13.1 Å². The average molecular weight is 570 g/mol. The molecule has 0 aliphatic carbocycles. The number of anilines is 1. The summed E-state index contributed by atoms with van der Waals surface area (Å²) in [5, 5.41) is 3.09. The zero-order valence-corrected chi connectivity index (χ0v) is 24.2. The van der Waals surface area contributed by atoms with Crippen molar-refractivity contribution in [2.75, 3.05) is 23.9 Å². The zero-order valence-electron chi connectivity index (χ0n) is 22.6. The van der Waals surface area contributed by atoms with Gasteiger partial charge in [-0.25, -0.2) is 8.42 Å². The van der Waals surface area contributed by atoms with Crippen molar-refractivity contribution in [3.63, 3.8) is 0 Å². The fraction of sp³-hybridized carbons (Fsp3) is 0.333. The molecule has 1 N–H and O–H groups in total. The average Bonchev–Trinajstić information content (AvgIpc) is 2.93. The van der Waals surface area contributed by atoms with E-state index in [-0.39, 0.29) is 28.1 Å². The second kappa shape index (κ2) is 14.1. The lowest BCUT2D eigenvalue weighted by atomic mass is 10.1.